The average Bonchev–Trinajstić information content (AvgIpc) is 2.61. The second kappa shape index (κ2) is 5.34. The first-order valence-electron chi connectivity index (χ1n) is 4.63. The number of aromatic nitrogens is 1. The van der Waals surface area contributed by atoms with Gasteiger partial charge in [0, 0.05) is 22.7 Å². The van der Waals surface area contributed by atoms with Crippen LogP contribution in [0.1, 0.15) is 11.3 Å². The zero-order chi connectivity index (χ0) is 10.8. The molecule has 2 rings (SSSR count). The predicted octanol–water partition coefficient (Wildman–Crippen LogP) is 3.18. The van der Waals surface area contributed by atoms with E-state index in [4.69, 9.17) is 21.9 Å². The van der Waals surface area contributed by atoms with E-state index < -0.39 is 0 Å². The molecule has 0 amide bonds. The second-order valence-corrected chi connectivity index (χ2v) is 3.71. The molecule has 1 aromatic heterocycles. The summed E-state index contributed by atoms with van der Waals surface area (Å²) in [6.07, 6.45) is 0. The lowest BCUT2D eigenvalue weighted by molar-refractivity contribution is 0.398. The summed E-state index contributed by atoms with van der Waals surface area (Å²) < 4.78 is 5.11. The van der Waals surface area contributed by atoms with Crippen molar-refractivity contribution in [2.24, 2.45) is 5.73 Å². The maximum atomic E-state index is 5.81. The predicted molar refractivity (Wildman–Crippen MR) is 66.8 cm³/mol. The molecule has 0 fully saturated rings. The van der Waals surface area contributed by atoms with Crippen LogP contribution >= 0.6 is 24.0 Å². The minimum Gasteiger partial charge on any atom is -0.361 e. The minimum absolute atomic E-state index is 0. The Morgan fingerprint density at radius 2 is 1.94 bits per heavy atom. The maximum Gasteiger partial charge on any atom is 0.138 e. The van der Waals surface area contributed by atoms with Crippen LogP contribution in [0, 0.1) is 6.92 Å². The first-order valence-corrected chi connectivity index (χ1v) is 5.01. The Hall–Kier alpha value is -1.03. The molecule has 0 spiro atoms. The molecule has 0 bridgehead atoms. The molecule has 0 unspecified atom stereocenters. The molecule has 2 N–H and O–H groups in total. The van der Waals surface area contributed by atoms with Gasteiger partial charge in [0.25, 0.3) is 0 Å². The van der Waals surface area contributed by atoms with Gasteiger partial charge >= 0.3 is 0 Å². The zero-order valence-corrected chi connectivity index (χ0v) is 10.3. The van der Waals surface area contributed by atoms with Gasteiger partial charge in [0.15, 0.2) is 0 Å². The zero-order valence-electron chi connectivity index (χ0n) is 8.74. The summed E-state index contributed by atoms with van der Waals surface area (Å²) in [5, 5.41) is 4.69. The summed E-state index contributed by atoms with van der Waals surface area (Å²) in [4.78, 5) is 0. The van der Waals surface area contributed by atoms with Crippen LogP contribution in [-0.2, 0) is 6.54 Å². The van der Waals surface area contributed by atoms with Gasteiger partial charge in [-0.2, -0.15) is 0 Å². The van der Waals surface area contributed by atoms with Crippen LogP contribution in [0.5, 0.6) is 0 Å². The summed E-state index contributed by atoms with van der Waals surface area (Å²) in [6, 6.07) is 7.44. The third-order valence-corrected chi connectivity index (χ3v) is 2.56. The lowest BCUT2D eigenvalue weighted by atomic mass is 10.1. The molecule has 0 aliphatic carbocycles. The monoisotopic (exact) mass is 258 g/mol. The third-order valence-electron chi connectivity index (χ3n) is 2.31. The van der Waals surface area contributed by atoms with Crippen LogP contribution in [0.25, 0.3) is 11.3 Å². The van der Waals surface area contributed by atoms with Crippen LogP contribution in [0.4, 0.5) is 0 Å². The van der Waals surface area contributed by atoms with Gasteiger partial charge in [-0.05, 0) is 19.1 Å². The Balaban J connectivity index is 0.00000128. The minimum atomic E-state index is 0. The van der Waals surface area contributed by atoms with Crippen molar-refractivity contribution in [2.75, 3.05) is 0 Å². The van der Waals surface area contributed by atoms with Gasteiger partial charge in [0.05, 0.1) is 0 Å². The van der Waals surface area contributed by atoms with Crippen molar-refractivity contribution in [3.8, 4) is 11.3 Å². The molecular formula is C11H12Cl2N2O. The molecule has 0 saturated carbocycles. The van der Waals surface area contributed by atoms with E-state index >= 15 is 0 Å². The van der Waals surface area contributed by atoms with Crippen LogP contribution < -0.4 is 5.73 Å². The largest absolute Gasteiger partial charge is 0.361 e. The van der Waals surface area contributed by atoms with Crippen molar-refractivity contribution in [1.29, 1.82) is 0 Å². The molecule has 0 atom stereocenters. The van der Waals surface area contributed by atoms with Gasteiger partial charge in [0.1, 0.15) is 11.5 Å². The van der Waals surface area contributed by atoms with Crippen molar-refractivity contribution in [3.05, 3.63) is 40.6 Å². The number of benzene rings is 1. The molecule has 86 valence electrons. The van der Waals surface area contributed by atoms with Gasteiger partial charge < -0.3 is 10.3 Å². The second-order valence-electron chi connectivity index (χ2n) is 3.28. The molecule has 0 aliphatic rings. The molecular weight excluding hydrogens is 247 g/mol. The molecule has 1 heterocycles. The highest BCUT2D eigenvalue weighted by molar-refractivity contribution is 6.30. The smallest absolute Gasteiger partial charge is 0.138 e. The third kappa shape index (κ3) is 2.38. The Bertz CT molecular complexity index is 465. The van der Waals surface area contributed by atoms with E-state index in [0.29, 0.717) is 11.6 Å². The lowest BCUT2D eigenvalue weighted by Gasteiger charge is -1.99. The molecule has 2 aromatic rings. The highest BCUT2D eigenvalue weighted by atomic mass is 35.5. The van der Waals surface area contributed by atoms with E-state index in [0.717, 1.165) is 22.6 Å². The van der Waals surface area contributed by atoms with Crippen LogP contribution in [0.2, 0.25) is 5.02 Å². The summed E-state index contributed by atoms with van der Waals surface area (Å²) in [5.74, 6) is 0.766. The summed E-state index contributed by atoms with van der Waals surface area (Å²) in [5.41, 5.74) is 8.35. The fourth-order valence-electron chi connectivity index (χ4n) is 1.47. The molecule has 0 aliphatic heterocycles. The van der Waals surface area contributed by atoms with Crippen LogP contribution in [0.15, 0.2) is 28.8 Å². The molecule has 0 saturated heterocycles. The van der Waals surface area contributed by atoms with E-state index in [1.54, 1.807) is 0 Å². The molecule has 3 nitrogen and oxygen atoms in total. The Kier molecular flexibility index (Phi) is 4.35. The fourth-order valence-corrected chi connectivity index (χ4v) is 1.59. The summed E-state index contributed by atoms with van der Waals surface area (Å²) in [6.45, 7) is 2.28. The standard InChI is InChI=1S/C11H11ClN2O.ClH/c1-7-10(6-13)11(14-15-7)8-2-4-9(12)5-3-8;/h2-5H,6,13H2,1H3;1H. The number of rotatable bonds is 2. The molecule has 1 aromatic carbocycles. The average molecular weight is 259 g/mol. The Labute approximate surface area is 105 Å². The number of aryl methyl sites for hydroxylation is 1. The van der Waals surface area contributed by atoms with E-state index in [-0.39, 0.29) is 12.4 Å². The van der Waals surface area contributed by atoms with E-state index in [2.05, 4.69) is 5.16 Å². The van der Waals surface area contributed by atoms with Crippen molar-refractivity contribution in [1.82, 2.24) is 5.16 Å². The SMILES string of the molecule is Cc1onc(-c2ccc(Cl)cc2)c1CN.Cl. The first-order chi connectivity index (χ1) is 7.22. The van der Waals surface area contributed by atoms with Crippen molar-refractivity contribution in [3.63, 3.8) is 0 Å². The van der Waals surface area contributed by atoms with Crippen molar-refractivity contribution >= 4 is 24.0 Å². The van der Waals surface area contributed by atoms with Crippen LogP contribution in [0.3, 0.4) is 0 Å². The summed E-state index contributed by atoms with van der Waals surface area (Å²) in [7, 11) is 0. The van der Waals surface area contributed by atoms with Gasteiger partial charge in [-0.1, -0.05) is 28.9 Å². The van der Waals surface area contributed by atoms with E-state index in [1.807, 2.05) is 31.2 Å². The summed E-state index contributed by atoms with van der Waals surface area (Å²) >= 11 is 5.81. The number of hydrogen-bond acceptors (Lipinski definition) is 3. The van der Waals surface area contributed by atoms with Gasteiger partial charge in [-0.15, -0.1) is 12.4 Å². The Morgan fingerprint density at radius 1 is 1.31 bits per heavy atom. The highest BCUT2D eigenvalue weighted by Crippen LogP contribution is 2.25. The van der Waals surface area contributed by atoms with Gasteiger partial charge in [0.2, 0.25) is 0 Å². The number of hydrogen-bond donors (Lipinski definition) is 1. The van der Waals surface area contributed by atoms with Crippen LogP contribution in [-0.4, -0.2) is 5.16 Å². The molecule has 16 heavy (non-hydrogen) atoms. The maximum absolute atomic E-state index is 5.81. The number of nitrogens with zero attached hydrogens (tertiary/aromatic N) is 1. The van der Waals surface area contributed by atoms with Crippen molar-refractivity contribution < 1.29 is 4.52 Å². The Morgan fingerprint density at radius 3 is 2.50 bits per heavy atom. The quantitative estimate of drug-likeness (QED) is 0.901. The van der Waals surface area contributed by atoms with Gasteiger partial charge in [-0.25, -0.2) is 0 Å². The number of halogens is 2. The molecule has 0 radical (unpaired) electrons. The first kappa shape index (κ1) is 13.0. The normalized spacial score (nSPS) is 9.94. The lowest BCUT2D eigenvalue weighted by Crippen LogP contribution is -1.98. The van der Waals surface area contributed by atoms with E-state index in [9.17, 15) is 0 Å². The molecule has 5 heteroatoms. The topological polar surface area (TPSA) is 52.0 Å². The number of nitrogens with two attached hydrogens (primary N) is 1. The van der Waals surface area contributed by atoms with Crippen molar-refractivity contribution in [2.45, 2.75) is 13.5 Å². The van der Waals surface area contributed by atoms with E-state index in [1.165, 1.54) is 0 Å². The fraction of sp³-hybridized carbons (Fsp3) is 0.182. The van der Waals surface area contributed by atoms with Gasteiger partial charge in [-0.3, -0.25) is 0 Å². The highest BCUT2D eigenvalue weighted by Gasteiger charge is 2.12.